The highest BCUT2D eigenvalue weighted by atomic mass is 16.2. The lowest BCUT2D eigenvalue weighted by Crippen LogP contribution is -2.28. The molecule has 2 aromatic carbocycles. The molecule has 1 aliphatic carbocycles. The molecular formula is C28H31N3O2. The maximum Gasteiger partial charge on any atom is 0.226 e. The largest absolute Gasteiger partial charge is 0.310 e. The summed E-state index contributed by atoms with van der Waals surface area (Å²) in [5.41, 5.74) is 6.78. The molecule has 1 aromatic heterocycles. The Morgan fingerprint density at radius 2 is 1.73 bits per heavy atom. The molecule has 0 spiro atoms. The van der Waals surface area contributed by atoms with Crippen LogP contribution in [-0.4, -0.2) is 21.5 Å². The number of benzene rings is 2. The molecule has 1 unspecified atom stereocenters. The first-order valence-electron chi connectivity index (χ1n) is 12.0. The van der Waals surface area contributed by atoms with E-state index in [1.54, 1.807) is 4.68 Å². The number of hydrogen-bond acceptors (Lipinski definition) is 3. The number of ketones is 1. The molecule has 5 rings (SSSR count). The minimum Gasteiger partial charge on any atom is -0.310 e. The monoisotopic (exact) mass is 441 g/mol. The van der Waals surface area contributed by atoms with E-state index in [9.17, 15) is 9.59 Å². The average molecular weight is 442 g/mol. The average Bonchev–Trinajstić information content (AvgIpc) is 3.16. The highest BCUT2D eigenvalue weighted by Crippen LogP contribution is 2.39. The molecule has 1 amide bonds. The van der Waals surface area contributed by atoms with E-state index in [-0.39, 0.29) is 18.1 Å². The van der Waals surface area contributed by atoms with Crippen molar-refractivity contribution in [1.29, 1.82) is 0 Å². The van der Waals surface area contributed by atoms with Gasteiger partial charge >= 0.3 is 0 Å². The molecule has 5 nitrogen and oxygen atoms in total. The van der Waals surface area contributed by atoms with Crippen LogP contribution in [0, 0.1) is 20.8 Å². The fourth-order valence-electron chi connectivity index (χ4n) is 5.47. The Bertz CT molecular complexity index is 1220. The van der Waals surface area contributed by atoms with Gasteiger partial charge < -0.3 is 5.32 Å². The molecule has 1 saturated carbocycles. The number of nitrogens with one attached hydrogen (secondary N) is 1. The number of aromatic nitrogens is 2. The maximum atomic E-state index is 13.6. The zero-order chi connectivity index (χ0) is 23.1. The van der Waals surface area contributed by atoms with Gasteiger partial charge in [-0.1, -0.05) is 55.7 Å². The normalized spacial score (nSPS) is 18.6. The first-order chi connectivity index (χ1) is 15.9. The van der Waals surface area contributed by atoms with Crippen molar-refractivity contribution in [2.75, 3.05) is 5.32 Å². The zero-order valence-electron chi connectivity index (χ0n) is 19.6. The Kier molecular flexibility index (Phi) is 5.65. The van der Waals surface area contributed by atoms with E-state index in [0.29, 0.717) is 17.3 Å². The number of amides is 1. The molecule has 0 saturated heterocycles. The first kappa shape index (κ1) is 21.6. The van der Waals surface area contributed by atoms with Gasteiger partial charge in [0.05, 0.1) is 17.3 Å². The van der Waals surface area contributed by atoms with Gasteiger partial charge in [0.25, 0.3) is 0 Å². The summed E-state index contributed by atoms with van der Waals surface area (Å²) in [5.74, 6) is 0.548. The Balaban J connectivity index is 1.49. The van der Waals surface area contributed by atoms with Crippen LogP contribution in [0.4, 0.5) is 5.82 Å². The number of carbonyl (C=O) groups excluding carboxylic acids is 2. The van der Waals surface area contributed by atoms with Gasteiger partial charge in [0, 0.05) is 17.5 Å². The van der Waals surface area contributed by atoms with E-state index in [0.717, 1.165) is 28.1 Å². The van der Waals surface area contributed by atoms with Gasteiger partial charge in [-0.2, -0.15) is 5.10 Å². The van der Waals surface area contributed by atoms with Gasteiger partial charge in [0.15, 0.2) is 5.78 Å². The predicted octanol–water partition coefficient (Wildman–Crippen LogP) is 6.15. The fourth-order valence-corrected chi connectivity index (χ4v) is 5.47. The van der Waals surface area contributed by atoms with Crippen LogP contribution in [0.2, 0.25) is 0 Å². The van der Waals surface area contributed by atoms with Crippen molar-refractivity contribution in [1.82, 2.24) is 9.78 Å². The predicted molar refractivity (Wildman–Crippen MR) is 130 cm³/mol. The quantitative estimate of drug-likeness (QED) is 0.494. The van der Waals surface area contributed by atoms with Crippen molar-refractivity contribution in [2.24, 2.45) is 0 Å². The third kappa shape index (κ3) is 3.90. The van der Waals surface area contributed by atoms with E-state index in [2.05, 4.69) is 37.4 Å². The molecule has 2 aliphatic rings. The molecule has 3 aromatic rings. The van der Waals surface area contributed by atoms with Crippen LogP contribution in [0.3, 0.4) is 0 Å². The van der Waals surface area contributed by atoms with E-state index in [1.807, 2.05) is 31.2 Å². The summed E-state index contributed by atoms with van der Waals surface area (Å²) in [4.78, 5) is 26.3. The van der Waals surface area contributed by atoms with Gasteiger partial charge in [0.2, 0.25) is 5.91 Å². The number of carbonyl (C=O) groups is 2. The number of hydrogen-bond donors (Lipinski definition) is 1. The van der Waals surface area contributed by atoms with Crippen LogP contribution >= 0.6 is 0 Å². The number of Topliss-reactive ketones (excluding diaryl/α,β-unsaturated/α-hetero) is 1. The lowest BCUT2D eigenvalue weighted by molar-refractivity contribution is -0.116. The molecule has 1 fully saturated rings. The SMILES string of the molecule is Cc1cccc(-n2nc(C)c3c2NC(=O)CC3C(=O)c2ccc(C3CCCCC3)cc2)c1C. The molecule has 2 heterocycles. The fraction of sp³-hybridized carbons (Fsp3) is 0.393. The smallest absolute Gasteiger partial charge is 0.226 e. The number of rotatable bonds is 4. The minimum absolute atomic E-state index is 0.00934. The summed E-state index contributed by atoms with van der Waals surface area (Å²) in [6, 6.07) is 14.2. The minimum atomic E-state index is -0.520. The van der Waals surface area contributed by atoms with Crippen molar-refractivity contribution in [3.05, 3.63) is 76.0 Å². The van der Waals surface area contributed by atoms with Gasteiger partial charge in [-0.05, 0) is 62.3 Å². The van der Waals surface area contributed by atoms with Crippen LogP contribution in [0.1, 0.15) is 88.7 Å². The van der Waals surface area contributed by atoms with E-state index in [4.69, 9.17) is 5.10 Å². The molecule has 0 radical (unpaired) electrons. The third-order valence-corrected chi connectivity index (χ3v) is 7.50. The second-order valence-corrected chi connectivity index (χ2v) is 9.60. The Morgan fingerprint density at radius 1 is 1.00 bits per heavy atom. The van der Waals surface area contributed by atoms with Gasteiger partial charge in [-0.25, -0.2) is 4.68 Å². The van der Waals surface area contributed by atoms with Crippen LogP contribution in [0.25, 0.3) is 5.69 Å². The zero-order valence-corrected chi connectivity index (χ0v) is 19.6. The summed E-state index contributed by atoms with van der Waals surface area (Å²) >= 11 is 0. The third-order valence-electron chi connectivity index (χ3n) is 7.50. The maximum absolute atomic E-state index is 13.6. The lowest BCUT2D eigenvalue weighted by atomic mass is 9.82. The standard InChI is InChI=1S/C28H31N3O2/c1-17-8-7-11-24(18(17)2)31-28-26(19(3)30-31)23(16-25(32)29-28)27(33)22-14-12-21(13-15-22)20-9-5-4-6-10-20/h7-8,11-15,20,23H,4-6,9-10,16H2,1-3H3,(H,29,32). The molecule has 1 aliphatic heterocycles. The Hall–Kier alpha value is -3.21. The number of anilines is 1. The molecule has 33 heavy (non-hydrogen) atoms. The van der Waals surface area contributed by atoms with E-state index >= 15 is 0 Å². The lowest BCUT2D eigenvalue weighted by Gasteiger charge is -2.24. The van der Waals surface area contributed by atoms with Gasteiger partial charge in [-0.3, -0.25) is 9.59 Å². The van der Waals surface area contributed by atoms with Gasteiger partial charge in [0.1, 0.15) is 5.82 Å². The van der Waals surface area contributed by atoms with Crippen LogP contribution < -0.4 is 5.32 Å². The van der Waals surface area contributed by atoms with Crippen LogP contribution in [-0.2, 0) is 4.79 Å². The summed E-state index contributed by atoms with van der Waals surface area (Å²) in [5, 5.41) is 7.74. The highest BCUT2D eigenvalue weighted by molar-refractivity contribution is 6.08. The van der Waals surface area contributed by atoms with E-state index in [1.165, 1.54) is 37.7 Å². The second kappa shape index (κ2) is 8.62. The van der Waals surface area contributed by atoms with Crippen molar-refractivity contribution >= 4 is 17.5 Å². The Labute approximate surface area is 195 Å². The number of aryl methyl sites for hydroxylation is 2. The Morgan fingerprint density at radius 3 is 2.45 bits per heavy atom. The van der Waals surface area contributed by atoms with Crippen molar-refractivity contribution in [3.63, 3.8) is 0 Å². The van der Waals surface area contributed by atoms with Gasteiger partial charge in [-0.15, -0.1) is 0 Å². The highest BCUT2D eigenvalue weighted by Gasteiger charge is 2.36. The van der Waals surface area contributed by atoms with Crippen molar-refractivity contribution < 1.29 is 9.59 Å². The van der Waals surface area contributed by atoms with Crippen LogP contribution in [0.15, 0.2) is 42.5 Å². The molecule has 1 N–H and O–H groups in total. The topological polar surface area (TPSA) is 64.0 Å². The molecule has 1 atom stereocenters. The summed E-state index contributed by atoms with van der Waals surface area (Å²) < 4.78 is 1.79. The molecule has 0 bridgehead atoms. The second-order valence-electron chi connectivity index (χ2n) is 9.60. The molecular weight excluding hydrogens is 410 g/mol. The first-order valence-corrected chi connectivity index (χ1v) is 12.0. The number of fused-ring (bicyclic) bond motifs is 1. The van der Waals surface area contributed by atoms with E-state index < -0.39 is 5.92 Å². The summed E-state index contributed by atoms with van der Waals surface area (Å²) in [7, 11) is 0. The number of nitrogens with zero attached hydrogens (tertiary/aromatic N) is 2. The van der Waals surface area contributed by atoms with Crippen LogP contribution in [0.5, 0.6) is 0 Å². The summed E-state index contributed by atoms with van der Waals surface area (Å²) in [6.45, 7) is 6.03. The van der Waals surface area contributed by atoms with Crippen molar-refractivity contribution in [2.45, 2.75) is 71.1 Å². The molecule has 5 heteroatoms. The van der Waals surface area contributed by atoms with Crippen molar-refractivity contribution in [3.8, 4) is 5.69 Å². The molecule has 170 valence electrons. The summed E-state index contributed by atoms with van der Waals surface area (Å²) in [6.07, 6.45) is 6.51.